The molecule has 0 spiro atoms. The van der Waals surface area contributed by atoms with Crippen molar-refractivity contribution >= 4 is 11.7 Å². The van der Waals surface area contributed by atoms with E-state index in [1.165, 1.54) is 19.5 Å². The lowest BCUT2D eigenvalue weighted by Crippen LogP contribution is -2.47. The maximum absolute atomic E-state index is 14.1. The topological polar surface area (TPSA) is 87.3 Å². The summed E-state index contributed by atoms with van der Waals surface area (Å²) in [5.41, 5.74) is 0.819. The van der Waals surface area contributed by atoms with E-state index in [0.29, 0.717) is 44.1 Å². The molecule has 0 saturated carbocycles. The van der Waals surface area contributed by atoms with Gasteiger partial charge < -0.3 is 9.64 Å². The van der Waals surface area contributed by atoms with Crippen LogP contribution in [-0.2, 0) is 11.4 Å². The van der Waals surface area contributed by atoms with Crippen molar-refractivity contribution in [2.24, 2.45) is 0 Å². The van der Waals surface area contributed by atoms with Crippen LogP contribution in [0.4, 0.5) is 10.1 Å². The number of hydrogen-bond acceptors (Lipinski definition) is 7. The van der Waals surface area contributed by atoms with Gasteiger partial charge in [-0.15, -0.1) is 5.10 Å². The number of esters is 1. The van der Waals surface area contributed by atoms with Crippen LogP contribution in [0.3, 0.4) is 0 Å². The van der Waals surface area contributed by atoms with Crippen LogP contribution >= 0.6 is 0 Å². The summed E-state index contributed by atoms with van der Waals surface area (Å²) in [4.78, 5) is 19.4. The van der Waals surface area contributed by atoms with Gasteiger partial charge in [-0.05, 0) is 18.2 Å². The molecule has 0 bridgehead atoms. The molecule has 25 heavy (non-hydrogen) atoms. The van der Waals surface area contributed by atoms with Crippen molar-refractivity contribution < 1.29 is 13.9 Å². The number of benzene rings is 1. The fourth-order valence-electron chi connectivity index (χ4n) is 2.72. The molecule has 9 heteroatoms. The Kier molecular flexibility index (Phi) is 4.90. The van der Waals surface area contributed by atoms with Gasteiger partial charge in [-0.1, -0.05) is 0 Å². The van der Waals surface area contributed by atoms with E-state index in [9.17, 15) is 9.18 Å². The second-order valence-corrected chi connectivity index (χ2v) is 5.62. The lowest BCUT2D eigenvalue weighted by atomic mass is 10.2. The van der Waals surface area contributed by atoms with Crippen molar-refractivity contribution in [1.82, 2.24) is 19.7 Å². The minimum Gasteiger partial charge on any atom is -0.463 e. The maximum atomic E-state index is 14.1. The Morgan fingerprint density at radius 1 is 1.36 bits per heavy atom. The molecule has 2 heterocycles. The van der Waals surface area contributed by atoms with E-state index in [1.807, 2.05) is 11.0 Å². The Labute approximate surface area is 144 Å². The molecule has 3 rings (SSSR count). The Morgan fingerprint density at radius 2 is 2.12 bits per heavy atom. The molecule has 8 nitrogen and oxygen atoms in total. The van der Waals surface area contributed by atoms with Crippen LogP contribution < -0.4 is 4.90 Å². The molecule has 0 aliphatic carbocycles. The van der Waals surface area contributed by atoms with Crippen molar-refractivity contribution in [3.63, 3.8) is 0 Å². The highest BCUT2D eigenvalue weighted by Crippen LogP contribution is 2.21. The number of piperazine rings is 1. The molecule has 0 N–H and O–H groups in total. The molecule has 1 fully saturated rings. The van der Waals surface area contributed by atoms with E-state index < -0.39 is 5.97 Å². The first-order chi connectivity index (χ1) is 12.1. The van der Waals surface area contributed by atoms with E-state index in [2.05, 4.69) is 19.7 Å². The lowest BCUT2D eigenvalue weighted by molar-refractivity contribution is 0.0585. The summed E-state index contributed by atoms with van der Waals surface area (Å²) in [7, 11) is 1.28. The first kappa shape index (κ1) is 16.9. The quantitative estimate of drug-likeness (QED) is 0.760. The molecule has 0 atom stereocenters. The Bertz CT molecular complexity index is 807. The van der Waals surface area contributed by atoms with Crippen molar-refractivity contribution in [3.8, 4) is 6.07 Å². The van der Waals surface area contributed by atoms with Gasteiger partial charge >= 0.3 is 5.97 Å². The average Bonchev–Trinajstić information content (AvgIpc) is 3.10. The van der Waals surface area contributed by atoms with Gasteiger partial charge in [0.15, 0.2) is 0 Å². The summed E-state index contributed by atoms with van der Waals surface area (Å²) in [5.74, 6) is -0.924. The highest BCUT2D eigenvalue weighted by Gasteiger charge is 2.20. The van der Waals surface area contributed by atoms with Crippen molar-refractivity contribution in [3.05, 3.63) is 41.7 Å². The summed E-state index contributed by atoms with van der Waals surface area (Å²) in [6.45, 7) is 3.23. The highest BCUT2D eigenvalue weighted by atomic mass is 19.1. The normalized spacial score (nSPS) is 15.0. The Hall–Kier alpha value is -2.99. The van der Waals surface area contributed by atoms with E-state index in [4.69, 9.17) is 5.26 Å². The Balaban J connectivity index is 1.58. The number of carbonyl (C=O) groups excluding carboxylic acids is 1. The van der Waals surface area contributed by atoms with Gasteiger partial charge in [0.05, 0.1) is 31.1 Å². The third-order valence-electron chi connectivity index (χ3n) is 4.04. The molecular formula is C16H17FN6O2. The zero-order valence-corrected chi connectivity index (χ0v) is 13.7. The predicted molar refractivity (Wildman–Crippen MR) is 86.3 cm³/mol. The first-order valence-corrected chi connectivity index (χ1v) is 7.75. The zero-order chi connectivity index (χ0) is 17.8. The zero-order valence-electron chi connectivity index (χ0n) is 13.7. The monoisotopic (exact) mass is 344 g/mol. The molecule has 1 aliphatic rings. The van der Waals surface area contributed by atoms with Crippen molar-refractivity contribution in [2.75, 3.05) is 38.2 Å². The van der Waals surface area contributed by atoms with Crippen LogP contribution in [-0.4, -0.2) is 58.9 Å². The number of ether oxygens (including phenoxy) is 1. The molecular weight excluding hydrogens is 327 g/mol. The van der Waals surface area contributed by atoms with Crippen molar-refractivity contribution in [1.29, 1.82) is 5.26 Å². The number of nitrogens with zero attached hydrogens (tertiary/aromatic N) is 6. The molecule has 1 aromatic carbocycles. The highest BCUT2D eigenvalue weighted by molar-refractivity contribution is 5.84. The summed E-state index contributed by atoms with van der Waals surface area (Å²) < 4.78 is 20.3. The van der Waals surface area contributed by atoms with Crippen LogP contribution in [0.15, 0.2) is 24.5 Å². The van der Waals surface area contributed by atoms with E-state index in [-0.39, 0.29) is 11.6 Å². The predicted octanol–water partition coefficient (Wildman–Crippen LogP) is 0.855. The van der Waals surface area contributed by atoms with Crippen LogP contribution in [0.25, 0.3) is 0 Å². The first-order valence-electron chi connectivity index (χ1n) is 7.75. The molecule has 0 amide bonds. The number of rotatable bonds is 4. The SMILES string of the molecule is COC(=O)c1ncn(CN2CCN(c3ccc(C#N)cc3F)CC2)n1. The molecule has 0 unspecified atom stereocenters. The fourth-order valence-corrected chi connectivity index (χ4v) is 2.72. The number of halogens is 1. The van der Waals surface area contributed by atoms with Crippen LogP contribution in [0, 0.1) is 17.1 Å². The van der Waals surface area contributed by atoms with Gasteiger partial charge in [-0.2, -0.15) is 5.26 Å². The van der Waals surface area contributed by atoms with Gasteiger partial charge in [-0.25, -0.2) is 18.9 Å². The molecule has 130 valence electrons. The number of nitriles is 1. The Morgan fingerprint density at radius 3 is 2.76 bits per heavy atom. The third kappa shape index (κ3) is 3.75. The minimum absolute atomic E-state index is 0.0285. The van der Waals surface area contributed by atoms with Crippen molar-refractivity contribution in [2.45, 2.75) is 6.67 Å². The number of hydrogen-bond donors (Lipinski definition) is 0. The smallest absolute Gasteiger partial charge is 0.377 e. The minimum atomic E-state index is -0.570. The molecule has 0 radical (unpaired) electrons. The number of aromatic nitrogens is 3. The van der Waals surface area contributed by atoms with Gasteiger partial charge in [0.25, 0.3) is 5.82 Å². The fraction of sp³-hybridized carbons (Fsp3) is 0.375. The number of anilines is 1. The van der Waals surface area contributed by atoms with E-state index in [1.54, 1.807) is 16.8 Å². The van der Waals surface area contributed by atoms with Gasteiger partial charge in [-0.3, -0.25) is 4.90 Å². The van der Waals surface area contributed by atoms with Gasteiger partial charge in [0, 0.05) is 26.2 Å². The summed E-state index contributed by atoms with van der Waals surface area (Å²) >= 11 is 0. The number of methoxy groups -OCH3 is 1. The number of carbonyl (C=O) groups is 1. The van der Waals surface area contributed by atoms with Gasteiger partial charge in [0.2, 0.25) is 0 Å². The average molecular weight is 344 g/mol. The molecule has 1 aliphatic heterocycles. The van der Waals surface area contributed by atoms with Gasteiger partial charge in [0.1, 0.15) is 12.1 Å². The van der Waals surface area contributed by atoms with E-state index >= 15 is 0 Å². The molecule has 1 saturated heterocycles. The summed E-state index contributed by atoms with van der Waals surface area (Å²) in [5, 5.41) is 12.9. The summed E-state index contributed by atoms with van der Waals surface area (Å²) in [6, 6.07) is 6.45. The lowest BCUT2D eigenvalue weighted by Gasteiger charge is -2.35. The standard InChI is InChI=1S/C16H17FN6O2/c1-25-16(24)15-19-10-23(20-15)11-21-4-6-22(7-5-21)14-3-2-12(9-18)8-13(14)17/h2-3,8,10H,4-7,11H2,1H3. The summed E-state index contributed by atoms with van der Waals surface area (Å²) in [6.07, 6.45) is 1.49. The largest absolute Gasteiger partial charge is 0.463 e. The second-order valence-electron chi connectivity index (χ2n) is 5.62. The molecule has 1 aromatic heterocycles. The van der Waals surface area contributed by atoms with Crippen LogP contribution in [0.1, 0.15) is 16.2 Å². The van der Waals surface area contributed by atoms with Crippen LogP contribution in [0.2, 0.25) is 0 Å². The van der Waals surface area contributed by atoms with Crippen LogP contribution in [0.5, 0.6) is 0 Å². The maximum Gasteiger partial charge on any atom is 0.377 e. The van der Waals surface area contributed by atoms with E-state index in [0.717, 1.165) is 0 Å². The second kappa shape index (κ2) is 7.27. The third-order valence-corrected chi connectivity index (χ3v) is 4.04. The molecule has 2 aromatic rings.